The third-order valence-corrected chi connectivity index (χ3v) is 4.98. The molecule has 0 bridgehead atoms. The summed E-state index contributed by atoms with van der Waals surface area (Å²) in [6.45, 7) is 3.76. The van der Waals surface area contributed by atoms with Gasteiger partial charge in [-0.1, -0.05) is 35.9 Å². The monoisotopic (exact) mass is 435 g/mol. The van der Waals surface area contributed by atoms with Crippen molar-refractivity contribution >= 4 is 23.2 Å². The summed E-state index contributed by atoms with van der Waals surface area (Å²) in [5.41, 5.74) is 3.09. The van der Waals surface area contributed by atoms with Gasteiger partial charge in [0.25, 0.3) is 5.91 Å². The van der Waals surface area contributed by atoms with Gasteiger partial charge in [-0.15, -0.1) is 0 Å². The second-order valence-corrected chi connectivity index (χ2v) is 7.41. The lowest BCUT2D eigenvalue weighted by molar-refractivity contribution is 0.102. The summed E-state index contributed by atoms with van der Waals surface area (Å²) in [5, 5.41) is 12.0. The quantitative estimate of drug-likeness (QED) is 0.437. The number of nitrogens with zero attached hydrogens (tertiary/aromatic N) is 4. The molecule has 0 saturated carbocycles. The van der Waals surface area contributed by atoms with Crippen LogP contribution in [-0.4, -0.2) is 25.5 Å². The first-order valence-corrected chi connectivity index (χ1v) is 10.3. The first-order valence-electron chi connectivity index (χ1n) is 9.92. The van der Waals surface area contributed by atoms with Crippen LogP contribution in [0.15, 0.2) is 73.3 Å². The van der Waals surface area contributed by atoms with E-state index in [-0.39, 0.29) is 5.91 Å². The van der Waals surface area contributed by atoms with Crippen LogP contribution in [0.5, 0.6) is 5.75 Å². The van der Waals surface area contributed by atoms with Crippen LogP contribution in [0.25, 0.3) is 0 Å². The molecular formula is C23H22ClN5O2. The van der Waals surface area contributed by atoms with Crippen LogP contribution in [0.3, 0.4) is 0 Å². The SMILES string of the molecule is CCn1cc(Cn2cc(NC(=O)c3cccc(COc4ccccc4Cl)c3)cn2)cn1. The molecule has 0 radical (unpaired) electrons. The molecule has 1 amide bonds. The molecule has 8 heteroatoms. The first kappa shape index (κ1) is 20.7. The van der Waals surface area contributed by atoms with Gasteiger partial charge in [0.2, 0.25) is 0 Å². The van der Waals surface area contributed by atoms with Gasteiger partial charge in [-0.2, -0.15) is 10.2 Å². The minimum absolute atomic E-state index is 0.210. The topological polar surface area (TPSA) is 74.0 Å². The first-order chi connectivity index (χ1) is 15.1. The maximum absolute atomic E-state index is 12.7. The molecule has 0 aliphatic carbocycles. The van der Waals surface area contributed by atoms with Gasteiger partial charge in [-0.25, -0.2) is 0 Å². The van der Waals surface area contributed by atoms with Gasteiger partial charge in [-0.3, -0.25) is 14.2 Å². The Kier molecular flexibility index (Phi) is 6.33. The van der Waals surface area contributed by atoms with E-state index in [0.717, 1.165) is 17.7 Å². The number of carbonyl (C=O) groups excluding carboxylic acids is 1. The average molecular weight is 436 g/mol. The molecule has 2 heterocycles. The third kappa shape index (κ3) is 5.32. The number of ether oxygens (including phenoxy) is 1. The highest BCUT2D eigenvalue weighted by molar-refractivity contribution is 6.32. The van der Waals surface area contributed by atoms with Gasteiger partial charge >= 0.3 is 0 Å². The van der Waals surface area contributed by atoms with E-state index in [4.69, 9.17) is 16.3 Å². The highest BCUT2D eigenvalue weighted by Gasteiger charge is 2.10. The molecule has 0 saturated heterocycles. The fourth-order valence-corrected chi connectivity index (χ4v) is 3.28. The summed E-state index contributed by atoms with van der Waals surface area (Å²) in [7, 11) is 0. The zero-order valence-electron chi connectivity index (χ0n) is 17.0. The Balaban J connectivity index is 1.37. The van der Waals surface area contributed by atoms with Crippen LogP contribution in [0.4, 0.5) is 5.69 Å². The van der Waals surface area contributed by atoms with Crippen LogP contribution in [0, 0.1) is 0 Å². The molecule has 4 rings (SSSR count). The molecule has 158 valence electrons. The molecule has 0 spiro atoms. The summed E-state index contributed by atoms with van der Waals surface area (Å²) in [4.78, 5) is 12.7. The van der Waals surface area contributed by atoms with Crippen molar-refractivity contribution in [3.8, 4) is 5.75 Å². The number of nitrogens with one attached hydrogen (secondary N) is 1. The largest absolute Gasteiger partial charge is 0.487 e. The number of hydrogen-bond donors (Lipinski definition) is 1. The lowest BCUT2D eigenvalue weighted by Gasteiger charge is -2.09. The fourth-order valence-electron chi connectivity index (χ4n) is 3.09. The van der Waals surface area contributed by atoms with E-state index in [0.29, 0.717) is 35.2 Å². The molecule has 2 aromatic heterocycles. The van der Waals surface area contributed by atoms with Gasteiger partial charge < -0.3 is 10.1 Å². The number of benzene rings is 2. The number of aromatic nitrogens is 4. The highest BCUT2D eigenvalue weighted by Crippen LogP contribution is 2.24. The molecule has 4 aromatic rings. The van der Waals surface area contributed by atoms with Gasteiger partial charge in [0, 0.05) is 30.1 Å². The number of hydrogen-bond acceptors (Lipinski definition) is 4. The minimum Gasteiger partial charge on any atom is -0.487 e. The van der Waals surface area contributed by atoms with Crippen molar-refractivity contribution < 1.29 is 9.53 Å². The number of carbonyl (C=O) groups is 1. The second kappa shape index (κ2) is 9.49. The number of aryl methyl sites for hydroxylation is 1. The van der Waals surface area contributed by atoms with Gasteiger partial charge in [0.1, 0.15) is 12.4 Å². The van der Waals surface area contributed by atoms with Gasteiger partial charge in [-0.05, 0) is 36.8 Å². The summed E-state index contributed by atoms with van der Waals surface area (Å²) < 4.78 is 9.39. The molecule has 2 aromatic carbocycles. The predicted molar refractivity (Wildman–Crippen MR) is 119 cm³/mol. The number of para-hydroxylation sites is 1. The normalized spacial score (nSPS) is 10.8. The standard InChI is InChI=1S/C23H22ClN5O2/c1-2-28-13-18(11-25-28)14-29-15-20(12-26-29)27-23(30)19-7-5-6-17(10-19)16-31-22-9-4-3-8-21(22)24/h3-13,15H,2,14,16H2,1H3,(H,27,30). The molecule has 0 unspecified atom stereocenters. The van der Waals surface area contributed by atoms with E-state index >= 15 is 0 Å². The fraction of sp³-hybridized carbons (Fsp3) is 0.174. The molecule has 7 nitrogen and oxygen atoms in total. The lowest BCUT2D eigenvalue weighted by Crippen LogP contribution is -2.12. The second-order valence-electron chi connectivity index (χ2n) is 7.00. The molecule has 0 atom stereocenters. The van der Waals surface area contributed by atoms with Crippen molar-refractivity contribution in [1.82, 2.24) is 19.6 Å². The Labute approximate surface area is 185 Å². The van der Waals surface area contributed by atoms with Crippen molar-refractivity contribution in [2.75, 3.05) is 5.32 Å². The zero-order chi connectivity index (χ0) is 21.6. The van der Waals surface area contributed by atoms with Gasteiger partial charge in [0.05, 0.1) is 29.6 Å². The Bertz CT molecular complexity index is 1180. The van der Waals surface area contributed by atoms with Crippen LogP contribution < -0.4 is 10.1 Å². The average Bonchev–Trinajstić information content (AvgIpc) is 3.43. The Hall–Kier alpha value is -3.58. The number of halogens is 1. The van der Waals surface area contributed by atoms with Gasteiger partial charge in [0.15, 0.2) is 0 Å². The summed E-state index contributed by atoms with van der Waals surface area (Å²) in [6.07, 6.45) is 7.23. The summed E-state index contributed by atoms with van der Waals surface area (Å²) in [6, 6.07) is 14.6. The van der Waals surface area contributed by atoms with Crippen LogP contribution >= 0.6 is 11.6 Å². The number of amides is 1. The predicted octanol–water partition coefficient (Wildman–Crippen LogP) is 4.63. The summed E-state index contributed by atoms with van der Waals surface area (Å²) in [5.74, 6) is 0.397. The van der Waals surface area contributed by atoms with Crippen LogP contribution in [0.2, 0.25) is 5.02 Å². The maximum Gasteiger partial charge on any atom is 0.255 e. The number of anilines is 1. The van der Waals surface area contributed by atoms with Crippen LogP contribution in [-0.2, 0) is 19.7 Å². The highest BCUT2D eigenvalue weighted by atomic mass is 35.5. The third-order valence-electron chi connectivity index (χ3n) is 4.67. The van der Waals surface area contributed by atoms with E-state index in [1.54, 1.807) is 35.3 Å². The van der Waals surface area contributed by atoms with Crippen molar-refractivity contribution in [2.45, 2.75) is 26.6 Å². The Morgan fingerprint density at radius 3 is 2.68 bits per heavy atom. The van der Waals surface area contributed by atoms with E-state index in [1.165, 1.54) is 0 Å². The van der Waals surface area contributed by atoms with Crippen molar-refractivity contribution in [2.24, 2.45) is 0 Å². The Morgan fingerprint density at radius 2 is 1.87 bits per heavy atom. The van der Waals surface area contributed by atoms with Crippen molar-refractivity contribution in [3.63, 3.8) is 0 Å². The smallest absolute Gasteiger partial charge is 0.255 e. The maximum atomic E-state index is 12.7. The summed E-state index contributed by atoms with van der Waals surface area (Å²) >= 11 is 6.12. The number of rotatable bonds is 8. The Morgan fingerprint density at radius 1 is 1.03 bits per heavy atom. The minimum atomic E-state index is -0.210. The zero-order valence-corrected chi connectivity index (χ0v) is 17.8. The van der Waals surface area contributed by atoms with E-state index in [9.17, 15) is 4.79 Å². The van der Waals surface area contributed by atoms with Crippen molar-refractivity contribution in [1.29, 1.82) is 0 Å². The van der Waals surface area contributed by atoms with Crippen LogP contribution in [0.1, 0.15) is 28.4 Å². The molecule has 31 heavy (non-hydrogen) atoms. The molecule has 0 fully saturated rings. The molecule has 0 aliphatic rings. The molecular weight excluding hydrogens is 414 g/mol. The molecule has 1 N–H and O–H groups in total. The molecule has 0 aliphatic heterocycles. The van der Waals surface area contributed by atoms with E-state index < -0.39 is 0 Å². The van der Waals surface area contributed by atoms with Crippen molar-refractivity contribution in [3.05, 3.63) is 95.0 Å². The van der Waals surface area contributed by atoms with E-state index in [2.05, 4.69) is 15.5 Å². The van der Waals surface area contributed by atoms with E-state index in [1.807, 2.05) is 54.3 Å². The lowest BCUT2D eigenvalue weighted by atomic mass is 10.1.